The highest BCUT2D eigenvalue weighted by Crippen LogP contribution is 2.31. The average Bonchev–Trinajstić information content (AvgIpc) is 2.80. The van der Waals surface area contributed by atoms with Crippen molar-refractivity contribution in [2.75, 3.05) is 71.4 Å². The lowest BCUT2D eigenvalue weighted by Crippen LogP contribution is -2.50. The predicted molar refractivity (Wildman–Crippen MR) is 121 cm³/mol. The number of piperidine rings is 1. The van der Waals surface area contributed by atoms with Crippen molar-refractivity contribution in [2.45, 2.75) is 19.3 Å². The minimum absolute atomic E-state index is 0.0404. The van der Waals surface area contributed by atoms with Crippen LogP contribution in [-0.2, 0) is 4.79 Å². The molecule has 3 fully saturated rings. The first-order valence-corrected chi connectivity index (χ1v) is 11.4. The van der Waals surface area contributed by atoms with Crippen LogP contribution in [0.1, 0.15) is 29.6 Å². The van der Waals surface area contributed by atoms with Crippen LogP contribution in [0, 0.1) is 5.92 Å². The van der Waals surface area contributed by atoms with Crippen molar-refractivity contribution < 1.29 is 19.1 Å². The van der Waals surface area contributed by atoms with E-state index >= 15 is 0 Å². The number of anilines is 1. The Labute approximate surface area is 189 Å². The lowest BCUT2D eigenvalue weighted by atomic mass is 9.96. The summed E-state index contributed by atoms with van der Waals surface area (Å²) in [6.07, 6.45) is 2.71. The first-order valence-electron chi connectivity index (χ1n) is 11.4. The number of hydrogen-bond acceptors (Lipinski definition) is 6. The van der Waals surface area contributed by atoms with E-state index < -0.39 is 6.03 Å². The number of imide groups is 1. The van der Waals surface area contributed by atoms with Gasteiger partial charge in [-0.1, -0.05) is 0 Å². The molecule has 0 aromatic heterocycles. The molecule has 3 saturated heterocycles. The highest BCUT2D eigenvalue weighted by molar-refractivity contribution is 6.07. The second kappa shape index (κ2) is 9.87. The molecule has 3 aliphatic rings. The number of carbonyl (C=O) groups excluding carboxylic acids is 3. The molecule has 0 saturated carbocycles. The summed E-state index contributed by atoms with van der Waals surface area (Å²) in [4.78, 5) is 45.2. The molecule has 0 radical (unpaired) electrons. The standard InChI is InChI=1S/C23H33N5O4/c1-25-8-5-17(6-9-25)16-26-11-13-27(14-12-26)22(30)18-3-4-20(32-2)19(15-18)28-10-7-21(29)24-23(28)31/h3-4,15,17H,5-14,16H2,1-2H3,(H,24,29,31). The molecule has 1 aromatic carbocycles. The molecule has 9 nitrogen and oxygen atoms in total. The molecule has 174 valence electrons. The second-order valence-electron chi connectivity index (χ2n) is 8.98. The molecule has 0 unspecified atom stereocenters. The van der Waals surface area contributed by atoms with E-state index in [2.05, 4.69) is 22.2 Å². The van der Waals surface area contributed by atoms with E-state index in [1.165, 1.54) is 37.9 Å². The van der Waals surface area contributed by atoms with Gasteiger partial charge in [-0.05, 0) is 57.1 Å². The van der Waals surface area contributed by atoms with Crippen LogP contribution < -0.4 is 15.0 Å². The predicted octanol–water partition coefficient (Wildman–Crippen LogP) is 1.24. The Morgan fingerprint density at radius 2 is 1.78 bits per heavy atom. The van der Waals surface area contributed by atoms with E-state index in [0.717, 1.165) is 25.6 Å². The topological polar surface area (TPSA) is 85.4 Å². The molecule has 3 aliphatic heterocycles. The summed E-state index contributed by atoms with van der Waals surface area (Å²) in [6, 6.07) is 4.65. The molecule has 0 bridgehead atoms. The maximum absolute atomic E-state index is 13.2. The van der Waals surface area contributed by atoms with Crippen molar-refractivity contribution >= 4 is 23.5 Å². The average molecular weight is 444 g/mol. The molecular formula is C23H33N5O4. The Morgan fingerprint density at radius 1 is 1.06 bits per heavy atom. The number of likely N-dealkylation sites (tertiary alicyclic amines) is 1. The first kappa shape index (κ1) is 22.5. The molecule has 9 heteroatoms. The van der Waals surface area contributed by atoms with Gasteiger partial charge in [0.1, 0.15) is 5.75 Å². The van der Waals surface area contributed by atoms with Gasteiger partial charge in [0.15, 0.2) is 0 Å². The molecule has 0 atom stereocenters. The van der Waals surface area contributed by atoms with Gasteiger partial charge in [-0.2, -0.15) is 0 Å². The largest absolute Gasteiger partial charge is 0.495 e. The Kier molecular flexibility index (Phi) is 6.95. The molecule has 32 heavy (non-hydrogen) atoms. The Balaban J connectivity index is 1.38. The molecule has 3 heterocycles. The zero-order chi connectivity index (χ0) is 22.7. The van der Waals surface area contributed by atoms with Crippen LogP contribution in [0.4, 0.5) is 10.5 Å². The Hall–Kier alpha value is -2.65. The summed E-state index contributed by atoms with van der Waals surface area (Å²) in [5.41, 5.74) is 1.03. The Bertz CT molecular complexity index is 860. The molecule has 1 N–H and O–H groups in total. The van der Waals surface area contributed by atoms with Gasteiger partial charge in [0.05, 0.1) is 12.8 Å². The van der Waals surface area contributed by atoms with Crippen LogP contribution in [0.3, 0.4) is 0 Å². The maximum atomic E-state index is 13.2. The minimum atomic E-state index is -0.494. The number of ether oxygens (including phenoxy) is 1. The quantitative estimate of drug-likeness (QED) is 0.737. The van der Waals surface area contributed by atoms with Crippen molar-refractivity contribution in [3.8, 4) is 5.75 Å². The summed E-state index contributed by atoms with van der Waals surface area (Å²) >= 11 is 0. The van der Waals surface area contributed by atoms with E-state index in [1.54, 1.807) is 18.2 Å². The van der Waals surface area contributed by atoms with Crippen molar-refractivity contribution in [1.82, 2.24) is 20.0 Å². The van der Waals surface area contributed by atoms with Crippen LogP contribution in [-0.4, -0.2) is 99.1 Å². The number of hydrogen-bond donors (Lipinski definition) is 1. The molecular weight excluding hydrogens is 410 g/mol. The third-order valence-corrected chi connectivity index (χ3v) is 6.78. The second-order valence-corrected chi connectivity index (χ2v) is 8.98. The number of nitrogens with one attached hydrogen (secondary N) is 1. The SMILES string of the molecule is COc1ccc(C(=O)N2CCN(CC3CCN(C)CC3)CC2)cc1N1CCC(=O)NC1=O. The normalized spacial score (nSPS) is 21.6. The van der Waals surface area contributed by atoms with E-state index in [9.17, 15) is 14.4 Å². The molecule has 0 aliphatic carbocycles. The van der Waals surface area contributed by atoms with Crippen LogP contribution in [0.25, 0.3) is 0 Å². The summed E-state index contributed by atoms with van der Waals surface area (Å²) in [7, 11) is 3.71. The van der Waals surface area contributed by atoms with E-state index in [-0.39, 0.29) is 24.8 Å². The molecule has 1 aromatic rings. The summed E-state index contributed by atoms with van der Waals surface area (Å²) in [5.74, 6) is 0.908. The van der Waals surface area contributed by atoms with Crippen molar-refractivity contribution in [2.24, 2.45) is 5.92 Å². The monoisotopic (exact) mass is 443 g/mol. The van der Waals surface area contributed by atoms with Crippen molar-refractivity contribution in [3.63, 3.8) is 0 Å². The zero-order valence-electron chi connectivity index (χ0n) is 19.0. The smallest absolute Gasteiger partial charge is 0.328 e. The van der Waals surface area contributed by atoms with Gasteiger partial charge in [0.2, 0.25) is 5.91 Å². The number of rotatable bonds is 5. The highest BCUT2D eigenvalue weighted by atomic mass is 16.5. The number of piperazine rings is 1. The van der Waals surface area contributed by atoms with Gasteiger partial charge in [-0.25, -0.2) is 4.79 Å². The number of carbonyl (C=O) groups is 3. The highest BCUT2D eigenvalue weighted by Gasteiger charge is 2.29. The van der Waals surface area contributed by atoms with Gasteiger partial charge < -0.3 is 14.5 Å². The Morgan fingerprint density at radius 3 is 2.44 bits per heavy atom. The lowest BCUT2D eigenvalue weighted by molar-refractivity contribution is -0.120. The van der Waals surface area contributed by atoms with Gasteiger partial charge >= 0.3 is 6.03 Å². The van der Waals surface area contributed by atoms with Crippen LogP contribution in [0.5, 0.6) is 5.75 Å². The minimum Gasteiger partial charge on any atom is -0.495 e. The number of urea groups is 1. The van der Waals surface area contributed by atoms with Gasteiger partial charge in [0.25, 0.3) is 5.91 Å². The number of benzene rings is 1. The zero-order valence-corrected chi connectivity index (χ0v) is 19.0. The number of nitrogens with zero attached hydrogens (tertiary/aromatic N) is 4. The van der Waals surface area contributed by atoms with Gasteiger partial charge in [-0.3, -0.25) is 24.7 Å². The molecule has 4 rings (SSSR count). The van der Waals surface area contributed by atoms with E-state index in [0.29, 0.717) is 30.1 Å². The summed E-state index contributed by atoms with van der Waals surface area (Å²) in [5, 5.41) is 2.32. The van der Waals surface area contributed by atoms with Crippen LogP contribution in [0.15, 0.2) is 18.2 Å². The maximum Gasteiger partial charge on any atom is 0.328 e. The third kappa shape index (κ3) is 5.05. The third-order valence-electron chi connectivity index (χ3n) is 6.78. The number of amides is 4. The number of methoxy groups -OCH3 is 1. The van der Waals surface area contributed by atoms with Crippen molar-refractivity contribution in [3.05, 3.63) is 23.8 Å². The lowest BCUT2D eigenvalue weighted by Gasteiger charge is -2.38. The summed E-state index contributed by atoms with van der Waals surface area (Å²) in [6.45, 7) is 6.89. The van der Waals surface area contributed by atoms with Crippen molar-refractivity contribution in [1.29, 1.82) is 0 Å². The fraction of sp³-hybridized carbons (Fsp3) is 0.609. The fourth-order valence-electron chi connectivity index (χ4n) is 4.75. The van der Waals surface area contributed by atoms with Crippen LogP contribution in [0.2, 0.25) is 0 Å². The summed E-state index contributed by atoms with van der Waals surface area (Å²) < 4.78 is 5.41. The molecule has 0 spiro atoms. The van der Waals surface area contributed by atoms with Gasteiger partial charge in [0, 0.05) is 51.3 Å². The van der Waals surface area contributed by atoms with Crippen LogP contribution >= 0.6 is 0 Å². The first-order chi connectivity index (χ1) is 15.4. The van der Waals surface area contributed by atoms with Gasteiger partial charge in [-0.15, -0.1) is 0 Å². The van der Waals surface area contributed by atoms with E-state index in [4.69, 9.17) is 4.74 Å². The fourth-order valence-corrected chi connectivity index (χ4v) is 4.75. The van der Waals surface area contributed by atoms with E-state index in [1.807, 2.05) is 4.90 Å². The molecule has 4 amide bonds.